The van der Waals surface area contributed by atoms with E-state index in [1.54, 1.807) is 30.5 Å². The van der Waals surface area contributed by atoms with Crippen LogP contribution in [0.4, 0.5) is 20.4 Å². The van der Waals surface area contributed by atoms with Crippen molar-refractivity contribution in [3.8, 4) is 34.0 Å². The lowest BCUT2D eigenvalue weighted by atomic mass is 10.1. The van der Waals surface area contributed by atoms with Crippen LogP contribution in [-0.2, 0) is 0 Å². The monoisotopic (exact) mass is 682 g/mol. The molecule has 4 N–H and O–H groups in total. The fourth-order valence-electron chi connectivity index (χ4n) is 5.01. The van der Waals surface area contributed by atoms with E-state index in [4.69, 9.17) is 20.2 Å². The van der Waals surface area contributed by atoms with Gasteiger partial charge in [-0.05, 0) is 86.6 Å². The Morgan fingerprint density at radius 1 is 0.660 bits per heavy atom. The summed E-state index contributed by atoms with van der Waals surface area (Å²) in [6.45, 7) is 4.27. The molecule has 12 heteroatoms. The number of halogens is 2. The molecule has 4 heterocycles. The molecule has 2 unspecified atom stereocenters. The van der Waals surface area contributed by atoms with Crippen LogP contribution in [0.15, 0.2) is 97.3 Å². The SMILES string of the molecule is CCN(CC)c1ccc(-c2ccc3cc(OCC(O)CF)ccc3n2)cn1.Nc1ccc(-c2ccc3cc(OCC(O)CF)ccc3n2)cn1. The van der Waals surface area contributed by atoms with Crippen LogP contribution >= 0.6 is 0 Å². The molecule has 0 aliphatic carbocycles. The van der Waals surface area contributed by atoms with E-state index >= 15 is 0 Å². The van der Waals surface area contributed by atoms with Crippen LogP contribution in [0.5, 0.6) is 11.5 Å². The van der Waals surface area contributed by atoms with Crippen LogP contribution in [0.3, 0.4) is 0 Å². The Bertz CT molecular complexity index is 1980. The van der Waals surface area contributed by atoms with Gasteiger partial charge in [0.1, 0.15) is 61.9 Å². The fraction of sp³-hybridized carbons (Fsp3) is 0.263. The zero-order valence-corrected chi connectivity index (χ0v) is 27.9. The molecule has 0 aliphatic rings. The second-order valence-electron chi connectivity index (χ2n) is 11.4. The second-order valence-corrected chi connectivity index (χ2v) is 11.4. The van der Waals surface area contributed by atoms with Crippen LogP contribution in [0.1, 0.15) is 13.8 Å². The molecule has 0 fully saturated rings. The minimum Gasteiger partial charge on any atom is -0.491 e. The van der Waals surface area contributed by atoms with Crippen LogP contribution in [0, 0.1) is 0 Å². The maximum Gasteiger partial charge on any atom is 0.128 e. The molecule has 260 valence electrons. The largest absolute Gasteiger partial charge is 0.491 e. The average Bonchev–Trinajstić information content (AvgIpc) is 3.16. The Balaban J connectivity index is 0.000000197. The number of alkyl halides is 2. The summed E-state index contributed by atoms with van der Waals surface area (Å²) < 4.78 is 35.3. The summed E-state index contributed by atoms with van der Waals surface area (Å²) in [6, 6.07) is 26.2. The van der Waals surface area contributed by atoms with Crippen molar-refractivity contribution in [2.75, 3.05) is 50.3 Å². The molecule has 10 nitrogen and oxygen atoms in total. The predicted molar refractivity (Wildman–Crippen MR) is 193 cm³/mol. The molecule has 6 aromatic rings. The van der Waals surface area contributed by atoms with Gasteiger partial charge in [-0.2, -0.15) is 0 Å². The Hall–Kier alpha value is -5.46. The summed E-state index contributed by atoms with van der Waals surface area (Å²) in [4.78, 5) is 20.1. The molecule has 0 saturated carbocycles. The number of aliphatic hydroxyl groups excluding tert-OH is 2. The molecule has 0 aliphatic heterocycles. The smallest absolute Gasteiger partial charge is 0.128 e. The number of rotatable bonds is 13. The first-order chi connectivity index (χ1) is 24.3. The van der Waals surface area contributed by atoms with Gasteiger partial charge in [-0.3, -0.25) is 0 Å². The Labute approximate surface area is 289 Å². The van der Waals surface area contributed by atoms with Crippen LogP contribution in [-0.4, -0.2) is 82.0 Å². The fourth-order valence-corrected chi connectivity index (χ4v) is 5.01. The van der Waals surface area contributed by atoms with E-state index < -0.39 is 25.6 Å². The molecule has 0 bridgehead atoms. The van der Waals surface area contributed by atoms with E-state index in [1.807, 2.05) is 66.9 Å². The molecule has 0 saturated heterocycles. The van der Waals surface area contributed by atoms with Crippen LogP contribution in [0.2, 0.25) is 0 Å². The summed E-state index contributed by atoms with van der Waals surface area (Å²) in [6.07, 6.45) is 1.31. The van der Waals surface area contributed by atoms with E-state index in [2.05, 4.69) is 33.7 Å². The molecule has 4 aromatic heterocycles. The Morgan fingerprint density at radius 3 is 1.58 bits per heavy atom. The van der Waals surface area contributed by atoms with Gasteiger partial charge in [-0.15, -0.1) is 0 Å². The van der Waals surface area contributed by atoms with Gasteiger partial charge in [0.25, 0.3) is 0 Å². The lowest BCUT2D eigenvalue weighted by Gasteiger charge is -2.19. The van der Waals surface area contributed by atoms with Gasteiger partial charge in [0.15, 0.2) is 0 Å². The van der Waals surface area contributed by atoms with Gasteiger partial charge in [-0.1, -0.05) is 12.1 Å². The van der Waals surface area contributed by atoms with Crippen molar-refractivity contribution < 1.29 is 28.5 Å². The number of benzene rings is 2. The number of aliphatic hydroxyl groups is 2. The summed E-state index contributed by atoms with van der Waals surface area (Å²) in [7, 11) is 0. The van der Waals surface area contributed by atoms with E-state index in [1.165, 1.54) is 0 Å². The molecule has 0 radical (unpaired) electrons. The van der Waals surface area contributed by atoms with E-state index in [0.717, 1.165) is 63.2 Å². The van der Waals surface area contributed by atoms with E-state index in [9.17, 15) is 19.0 Å². The molecule has 0 spiro atoms. The molecule has 6 rings (SSSR count). The van der Waals surface area contributed by atoms with Gasteiger partial charge in [0, 0.05) is 47.4 Å². The number of ether oxygens (including phenoxy) is 2. The molecule has 2 aromatic carbocycles. The lowest BCUT2D eigenvalue weighted by molar-refractivity contribution is 0.0842. The highest BCUT2D eigenvalue weighted by atomic mass is 19.1. The number of nitrogen functional groups attached to an aromatic ring is 1. The minimum absolute atomic E-state index is 0.0714. The van der Waals surface area contributed by atoms with Crippen molar-refractivity contribution in [2.24, 2.45) is 0 Å². The van der Waals surface area contributed by atoms with Gasteiger partial charge in [0.05, 0.1) is 22.4 Å². The van der Waals surface area contributed by atoms with Gasteiger partial charge in [0.2, 0.25) is 0 Å². The third-order valence-electron chi connectivity index (χ3n) is 7.78. The highest BCUT2D eigenvalue weighted by Gasteiger charge is 2.09. The number of hydrogen-bond donors (Lipinski definition) is 3. The first kappa shape index (κ1) is 35.8. The number of pyridine rings is 4. The lowest BCUT2D eigenvalue weighted by Crippen LogP contribution is -2.22. The van der Waals surface area contributed by atoms with Crippen molar-refractivity contribution in [3.05, 3.63) is 97.3 Å². The number of nitrogens with two attached hydrogens (primary N) is 1. The summed E-state index contributed by atoms with van der Waals surface area (Å²) in [5.74, 6) is 2.57. The topological polar surface area (TPSA) is 140 Å². The van der Waals surface area contributed by atoms with E-state index in [0.29, 0.717) is 17.3 Å². The Kier molecular flexibility index (Phi) is 12.4. The van der Waals surface area contributed by atoms with Crippen molar-refractivity contribution in [2.45, 2.75) is 26.1 Å². The van der Waals surface area contributed by atoms with Crippen molar-refractivity contribution in [1.29, 1.82) is 0 Å². The van der Waals surface area contributed by atoms with Crippen molar-refractivity contribution >= 4 is 33.4 Å². The molecular weight excluding hydrogens is 642 g/mol. The quantitative estimate of drug-likeness (QED) is 0.125. The Morgan fingerprint density at radius 2 is 1.16 bits per heavy atom. The maximum atomic E-state index is 12.3. The van der Waals surface area contributed by atoms with Gasteiger partial charge in [-0.25, -0.2) is 28.7 Å². The highest BCUT2D eigenvalue weighted by molar-refractivity contribution is 5.84. The standard InChI is InChI=1S/C21H24FN3O2.C17H16FN3O2/c1-3-25(4-2)21-10-6-16(13-23-21)20-8-5-15-11-18(7-9-19(15)24-20)27-14-17(26)12-22;18-8-13(22)10-23-14-3-5-15-11(7-14)1-4-16(21-15)12-2-6-17(19)20-9-12/h5-11,13,17,26H,3-4,12,14H2,1-2H3;1-7,9,13,22H,8,10H2,(H2,19,20). The second kappa shape index (κ2) is 17.3. The molecule has 2 atom stereocenters. The zero-order valence-electron chi connectivity index (χ0n) is 27.9. The molecular formula is C38H40F2N6O4. The average molecular weight is 683 g/mol. The third-order valence-corrected chi connectivity index (χ3v) is 7.78. The summed E-state index contributed by atoms with van der Waals surface area (Å²) in [5.41, 5.74) is 10.7. The van der Waals surface area contributed by atoms with E-state index in [-0.39, 0.29) is 13.2 Å². The number of nitrogens with zero attached hydrogens (tertiary/aromatic N) is 5. The predicted octanol–water partition coefficient (Wildman–Crippen LogP) is 6.44. The minimum atomic E-state index is -1.11. The third kappa shape index (κ3) is 9.36. The number of anilines is 2. The summed E-state index contributed by atoms with van der Waals surface area (Å²) >= 11 is 0. The van der Waals surface area contributed by atoms with Crippen molar-refractivity contribution in [1.82, 2.24) is 19.9 Å². The summed E-state index contributed by atoms with van der Waals surface area (Å²) in [5, 5.41) is 20.3. The van der Waals surface area contributed by atoms with Crippen LogP contribution in [0.25, 0.3) is 44.3 Å². The number of fused-ring (bicyclic) bond motifs is 2. The zero-order chi connectivity index (χ0) is 35.5. The van der Waals surface area contributed by atoms with Crippen LogP contribution < -0.4 is 20.1 Å². The highest BCUT2D eigenvalue weighted by Crippen LogP contribution is 2.26. The molecule has 0 amide bonds. The molecule has 50 heavy (non-hydrogen) atoms. The number of hydrogen-bond acceptors (Lipinski definition) is 10. The first-order valence-corrected chi connectivity index (χ1v) is 16.3. The van der Waals surface area contributed by atoms with Crippen molar-refractivity contribution in [3.63, 3.8) is 0 Å². The normalized spacial score (nSPS) is 12.2. The van der Waals surface area contributed by atoms with Gasteiger partial charge >= 0.3 is 0 Å². The first-order valence-electron chi connectivity index (χ1n) is 16.3. The van der Waals surface area contributed by atoms with Gasteiger partial charge < -0.3 is 30.3 Å². The maximum absolute atomic E-state index is 12.3. The number of aromatic nitrogens is 4.